The van der Waals surface area contributed by atoms with Gasteiger partial charge >= 0.3 is 0 Å². The second-order valence-corrected chi connectivity index (χ2v) is 7.89. The number of nitrogen functional groups attached to an aromatic ring is 1. The molecule has 1 amide bonds. The third-order valence-electron chi connectivity index (χ3n) is 3.91. The average Bonchev–Trinajstić information content (AvgIpc) is 2.52. The molecule has 7 heteroatoms. The molecule has 0 atom stereocenters. The predicted molar refractivity (Wildman–Crippen MR) is 106 cm³/mol. The number of aryl methyl sites for hydroxylation is 1. The van der Waals surface area contributed by atoms with E-state index in [1.54, 1.807) is 6.92 Å². The van der Waals surface area contributed by atoms with Crippen LogP contribution in [0.15, 0.2) is 22.7 Å². The largest absolute Gasteiger partial charge is 0.486 e. The summed E-state index contributed by atoms with van der Waals surface area (Å²) in [5.41, 5.74) is 8.40. The zero-order chi connectivity index (χ0) is 19.5. The minimum absolute atomic E-state index is 0.0463. The molecule has 0 aliphatic heterocycles. The molecule has 0 bridgehead atoms. The molecule has 0 fully saturated rings. The fraction of sp³-hybridized carbons (Fsp3) is 0.421. The van der Waals surface area contributed by atoms with Gasteiger partial charge in [0.15, 0.2) is 0 Å². The standard InChI is InChI=1S/C19H25BrN4O2/c1-6-22-17(25)16-11(2)23-18(21)24-14(16)10-26-15-8-7-12(9-13(15)20)19(3,4)5/h7-9H,6,10H2,1-5H3,(H,22,25)(H2,21,23,24). The number of rotatable bonds is 5. The van der Waals surface area contributed by atoms with Crippen LogP contribution < -0.4 is 15.8 Å². The van der Waals surface area contributed by atoms with E-state index in [0.29, 0.717) is 29.2 Å². The minimum Gasteiger partial charge on any atom is -0.486 e. The summed E-state index contributed by atoms with van der Waals surface area (Å²) < 4.78 is 6.75. The Labute approximate surface area is 162 Å². The number of amides is 1. The lowest BCUT2D eigenvalue weighted by Crippen LogP contribution is -2.26. The van der Waals surface area contributed by atoms with Crippen molar-refractivity contribution >= 4 is 27.8 Å². The van der Waals surface area contributed by atoms with Crippen molar-refractivity contribution in [3.8, 4) is 5.75 Å². The topological polar surface area (TPSA) is 90.1 Å². The van der Waals surface area contributed by atoms with Crippen LogP contribution in [0.4, 0.5) is 5.95 Å². The van der Waals surface area contributed by atoms with Crippen molar-refractivity contribution in [3.63, 3.8) is 0 Å². The molecule has 1 aromatic carbocycles. The summed E-state index contributed by atoms with van der Waals surface area (Å²) in [6, 6.07) is 5.98. The van der Waals surface area contributed by atoms with Crippen molar-refractivity contribution in [1.29, 1.82) is 0 Å². The third-order valence-corrected chi connectivity index (χ3v) is 4.53. The molecule has 6 nitrogen and oxygen atoms in total. The first kappa shape index (κ1) is 20.2. The van der Waals surface area contributed by atoms with Gasteiger partial charge in [-0.1, -0.05) is 26.8 Å². The average molecular weight is 421 g/mol. The molecule has 0 saturated carbocycles. The molecule has 0 aliphatic rings. The molecule has 140 valence electrons. The number of nitrogens with one attached hydrogen (secondary N) is 1. The summed E-state index contributed by atoms with van der Waals surface area (Å²) in [7, 11) is 0. The van der Waals surface area contributed by atoms with Gasteiger partial charge in [0.2, 0.25) is 5.95 Å². The normalized spacial score (nSPS) is 11.3. The molecule has 1 heterocycles. The fourth-order valence-corrected chi connectivity index (χ4v) is 3.03. The Morgan fingerprint density at radius 2 is 2.00 bits per heavy atom. The smallest absolute Gasteiger partial charge is 0.255 e. The molecule has 0 aliphatic carbocycles. The maximum absolute atomic E-state index is 12.3. The van der Waals surface area contributed by atoms with Crippen LogP contribution in [0.25, 0.3) is 0 Å². The predicted octanol–water partition coefficient (Wildman–Crippen LogP) is 3.76. The van der Waals surface area contributed by atoms with Crippen LogP contribution >= 0.6 is 15.9 Å². The number of ether oxygens (including phenoxy) is 1. The Kier molecular flexibility index (Phi) is 6.23. The van der Waals surface area contributed by atoms with E-state index in [2.05, 4.69) is 52.0 Å². The first-order valence-electron chi connectivity index (χ1n) is 8.47. The number of halogens is 1. The highest BCUT2D eigenvalue weighted by Gasteiger charge is 2.19. The second kappa shape index (κ2) is 8.03. The van der Waals surface area contributed by atoms with Gasteiger partial charge in [-0.3, -0.25) is 4.79 Å². The van der Waals surface area contributed by atoms with Crippen LogP contribution in [0.2, 0.25) is 0 Å². The van der Waals surface area contributed by atoms with Gasteiger partial charge in [-0.15, -0.1) is 0 Å². The first-order valence-corrected chi connectivity index (χ1v) is 9.26. The molecule has 0 saturated heterocycles. The number of carbonyl (C=O) groups is 1. The van der Waals surface area contributed by atoms with Gasteiger partial charge in [0.05, 0.1) is 21.4 Å². The number of nitrogens with zero attached hydrogens (tertiary/aromatic N) is 2. The maximum atomic E-state index is 12.3. The van der Waals surface area contributed by atoms with Crippen LogP contribution in [-0.2, 0) is 12.0 Å². The maximum Gasteiger partial charge on any atom is 0.255 e. The Morgan fingerprint density at radius 3 is 2.58 bits per heavy atom. The van der Waals surface area contributed by atoms with E-state index < -0.39 is 0 Å². The number of hydrogen-bond acceptors (Lipinski definition) is 5. The molecular weight excluding hydrogens is 396 g/mol. The van der Waals surface area contributed by atoms with E-state index in [9.17, 15) is 4.79 Å². The Bertz CT molecular complexity index is 816. The minimum atomic E-state index is -0.231. The zero-order valence-corrected chi connectivity index (χ0v) is 17.4. The Balaban J connectivity index is 2.28. The number of hydrogen-bond donors (Lipinski definition) is 2. The Hall–Kier alpha value is -2.15. The number of nitrogens with two attached hydrogens (primary N) is 1. The molecular formula is C19H25BrN4O2. The number of benzene rings is 1. The van der Waals surface area contributed by atoms with Crippen LogP contribution in [-0.4, -0.2) is 22.4 Å². The van der Waals surface area contributed by atoms with Crippen LogP contribution in [0.3, 0.4) is 0 Å². The third kappa shape index (κ3) is 4.72. The van der Waals surface area contributed by atoms with Crippen molar-refractivity contribution in [3.05, 3.63) is 45.2 Å². The number of carbonyl (C=O) groups excluding carboxylic acids is 1. The summed E-state index contributed by atoms with van der Waals surface area (Å²) in [6.07, 6.45) is 0. The zero-order valence-electron chi connectivity index (χ0n) is 15.8. The quantitative estimate of drug-likeness (QED) is 0.768. The lowest BCUT2D eigenvalue weighted by Gasteiger charge is -2.20. The van der Waals surface area contributed by atoms with E-state index >= 15 is 0 Å². The number of anilines is 1. The van der Waals surface area contributed by atoms with Gasteiger partial charge in [-0.25, -0.2) is 9.97 Å². The first-order chi connectivity index (χ1) is 12.1. The molecule has 1 aromatic heterocycles. The number of aromatic nitrogens is 2. The van der Waals surface area contributed by atoms with Gasteiger partial charge in [-0.05, 0) is 52.9 Å². The van der Waals surface area contributed by atoms with Crippen molar-refractivity contribution < 1.29 is 9.53 Å². The van der Waals surface area contributed by atoms with Gasteiger partial charge in [0.25, 0.3) is 5.91 Å². The van der Waals surface area contributed by atoms with Crippen LogP contribution in [0, 0.1) is 6.92 Å². The van der Waals surface area contributed by atoms with Crippen molar-refractivity contribution in [2.75, 3.05) is 12.3 Å². The molecule has 0 radical (unpaired) electrons. The van der Waals surface area contributed by atoms with Crippen molar-refractivity contribution in [1.82, 2.24) is 15.3 Å². The van der Waals surface area contributed by atoms with Crippen LogP contribution in [0.1, 0.15) is 55.0 Å². The van der Waals surface area contributed by atoms with E-state index in [1.807, 2.05) is 25.1 Å². The Morgan fingerprint density at radius 1 is 1.31 bits per heavy atom. The molecule has 3 N–H and O–H groups in total. The summed E-state index contributed by atoms with van der Waals surface area (Å²) in [6.45, 7) is 10.7. The molecule has 2 aromatic rings. The molecule has 0 unspecified atom stereocenters. The highest BCUT2D eigenvalue weighted by atomic mass is 79.9. The summed E-state index contributed by atoms with van der Waals surface area (Å²) in [5.74, 6) is 0.566. The van der Waals surface area contributed by atoms with E-state index in [1.165, 1.54) is 5.56 Å². The highest BCUT2D eigenvalue weighted by molar-refractivity contribution is 9.10. The van der Waals surface area contributed by atoms with Crippen molar-refractivity contribution in [2.24, 2.45) is 0 Å². The molecule has 0 spiro atoms. The summed E-state index contributed by atoms with van der Waals surface area (Å²) in [4.78, 5) is 20.6. The van der Waals surface area contributed by atoms with Gasteiger partial charge < -0.3 is 15.8 Å². The second-order valence-electron chi connectivity index (χ2n) is 7.03. The monoisotopic (exact) mass is 420 g/mol. The summed E-state index contributed by atoms with van der Waals surface area (Å²) in [5, 5.41) is 2.77. The lowest BCUT2D eigenvalue weighted by atomic mass is 9.87. The van der Waals surface area contributed by atoms with E-state index in [0.717, 1.165) is 4.47 Å². The molecule has 26 heavy (non-hydrogen) atoms. The van der Waals surface area contributed by atoms with Crippen LogP contribution in [0.5, 0.6) is 5.75 Å². The van der Waals surface area contributed by atoms with Crippen molar-refractivity contribution in [2.45, 2.75) is 46.6 Å². The fourth-order valence-electron chi connectivity index (χ4n) is 2.53. The van der Waals surface area contributed by atoms with Gasteiger partial charge in [0, 0.05) is 6.54 Å². The SMILES string of the molecule is CCNC(=O)c1c(C)nc(N)nc1COc1ccc(C(C)(C)C)cc1Br. The van der Waals surface area contributed by atoms with E-state index in [4.69, 9.17) is 10.5 Å². The van der Waals surface area contributed by atoms with Gasteiger partial charge in [0.1, 0.15) is 12.4 Å². The summed E-state index contributed by atoms with van der Waals surface area (Å²) >= 11 is 3.55. The van der Waals surface area contributed by atoms with E-state index in [-0.39, 0.29) is 23.9 Å². The van der Waals surface area contributed by atoms with Gasteiger partial charge in [-0.2, -0.15) is 0 Å². The lowest BCUT2D eigenvalue weighted by molar-refractivity contribution is 0.0951. The molecule has 2 rings (SSSR count). The highest BCUT2D eigenvalue weighted by Crippen LogP contribution is 2.32.